The van der Waals surface area contributed by atoms with Crippen LogP contribution < -0.4 is 15.8 Å². The molecular formula is C15H28N4OS. The van der Waals surface area contributed by atoms with Crippen molar-refractivity contribution in [2.45, 2.75) is 51.5 Å². The molecule has 1 aliphatic carbocycles. The lowest BCUT2D eigenvalue weighted by atomic mass is 9.94. The first-order valence-electron chi connectivity index (χ1n) is 8.04. The highest BCUT2D eigenvalue weighted by molar-refractivity contribution is 7.11. The molecule has 0 bridgehead atoms. The quantitative estimate of drug-likeness (QED) is 0.722. The van der Waals surface area contributed by atoms with Gasteiger partial charge in [0.05, 0.1) is 6.61 Å². The smallest absolute Gasteiger partial charge is 0.197 e. The molecule has 0 aliphatic heterocycles. The molecule has 0 atom stereocenters. The SMILES string of the molecule is CCOc1c(N)nsc1NCCCN(C)C1CCCCC1. The first-order valence-corrected chi connectivity index (χ1v) is 8.81. The van der Waals surface area contributed by atoms with Gasteiger partial charge >= 0.3 is 0 Å². The number of aromatic nitrogens is 1. The van der Waals surface area contributed by atoms with Gasteiger partial charge in [-0.3, -0.25) is 0 Å². The van der Waals surface area contributed by atoms with Crippen molar-refractivity contribution in [3.8, 4) is 5.75 Å². The van der Waals surface area contributed by atoms with Crippen LogP contribution in [0.25, 0.3) is 0 Å². The summed E-state index contributed by atoms with van der Waals surface area (Å²) in [5.41, 5.74) is 5.80. The fourth-order valence-electron chi connectivity index (χ4n) is 2.93. The van der Waals surface area contributed by atoms with Crippen LogP contribution in [0.4, 0.5) is 10.8 Å². The summed E-state index contributed by atoms with van der Waals surface area (Å²) in [5, 5.41) is 4.35. The number of anilines is 2. The van der Waals surface area contributed by atoms with Crippen molar-refractivity contribution in [1.29, 1.82) is 0 Å². The molecule has 0 radical (unpaired) electrons. The number of nitrogens with one attached hydrogen (secondary N) is 1. The Labute approximate surface area is 132 Å². The summed E-state index contributed by atoms with van der Waals surface area (Å²) in [7, 11) is 2.26. The molecule has 5 nitrogen and oxygen atoms in total. The van der Waals surface area contributed by atoms with Crippen LogP contribution in [-0.4, -0.2) is 42.1 Å². The monoisotopic (exact) mass is 312 g/mol. The van der Waals surface area contributed by atoms with Crippen LogP contribution in [0, 0.1) is 0 Å². The number of ether oxygens (including phenoxy) is 1. The second kappa shape index (κ2) is 8.44. The van der Waals surface area contributed by atoms with Gasteiger partial charge in [0.1, 0.15) is 0 Å². The Balaban J connectivity index is 1.69. The maximum absolute atomic E-state index is 5.80. The van der Waals surface area contributed by atoms with Crippen LogP contribution in [0.5, 0.6) is 5.75 Å². The van der Waals surface area contributed by atoms with Crippen LogP contribution in [0.1, 0.15) is 45.4 Å². The summed E-state index contributed by atoms with van der Waals surface area (Å²) in [4.78, 5) is 2.52. The van der Waals surface area contributed by atoms with E-state index in [-0.39, 0.29) is 0 Å². The highest BCUT2D eigenvalue weighted by Gasteiger charge is 2.17. The van der Waals surface area contributed by atoms with E-state index in [2.05, 4.69) is 21.6 Å². The van der Waals surface area contributed by atoms with Crippen LogP contribution in [0.15, 0.2) is 0 Å². The molecule has 1 heterocycles. The summed E-state index contributed by atoms with van der Waals surface area (Å²) in [6.45, 7) is 4.64. The van der Waals surface area contributed by atoms with Gasteiger partial charge in [-0.15, -0.1) is 0 Å². The second-order valence-electron chi connectivity index (χ2n) is 5.71. The normalized spacial score (nSPS) is 16.3. The summed E-state index contributed by atoms with van der Waals surface area (Å²) in [6, 6.07) is 0.789. The van der Waals surface area contributed by atoms with Gasteiger partial charge in [-0.25, -0.2) is 0 Å². The van der Waals surface area contributed by atoms with Crippen molar-refractivity contribution in [3.63, 3.8) is 0 Å². The molecule has 0 saturated heterocycles. The van der Waals surface area contributed by atoms with Gasteiger partial charge in [0, 0.05) is 12.6 Å². The van der Waals surface area contributed by atoms with Crippen molar-refractivity contribution in [3.05, 3.63) is 0 Å². The van der Waals surface area contributed by atoms with E-state index in [0.717, 1.165) is 30.6 Å². The molecule has 6 heteroatoms. The first kappa shape index (κ1) is 16.4. The molecule has 0 unspecified atom stereocenters. The standard InChI is InChI=1S/C15H28N4OS/c1-3-20-13-14(16)18-21-15(13)17-10-7-11-19(2)12-8-5-4-6-9-12/h12,17H,3-11H2,1-2H3,(H2,16,18). The Kier molecular flexibility index (Phi) is 6.57. The zero-order chi connectivity index (χ0) is 15.1. The summed E-state index contributed by atoms with van der Waals surface area (Å²) >= 11 is 1.38. The van der Waals surface area contributed by atoms with Crippen LogP contribution >= 0.6 is 11.5 Å². The minimum atomic E-state index is 0.490. The average Bonchev–Trinajstić information content (AvgIpc) is 2.86. The Hall–Kier alpha value is -1.01. The maximum Gasteiger partial charge on any atom is 0.197 e. The van der Waals surface area contributed by atoms with E-state index in [1.54, 1.807) is 0 Å². The van der Waals surface area contributed by atoms with Crippen molar-refractivity contribution in [1.82, 2.24) is 9.27 Å². The molecule has 1 aromatic heterocycles. The van der Waals surface area contributed by atoms with Gasteiger partial charge in [0.15, 0.2) is 16.6 Å². The molecule has 1 aliphatic rings. The van der Waals surface area contributed by atoms with Crippen LogP contribution in [0.2, 0.25) is 0 Å². The molecule has 1 aromatic rings. The van der Waals surface area contributed by atoms with Gasteiger partial charge in [0.25, 0.3) is 0 Å². The zero-order valence-electron chi connectivity index (χ0n) is 13.2. The van der Waals surface area contributed by atoms with E-state index >= 15 is 0 Å². The Morgan fingerprint density at radius 3 is 2.86 bits per heavy atom. The largest absolute Gasteiger partial charge is 0.487 e. The number of hydrogen-bond donors (Lipinski definition) is 2. The van der Waals surface area contributed by atoms with Gasteiger partial charge in [0.2, 0.25) is 0 Å². The van der Waals surface area contributed by atoms with Crippen LogP contribution in [-0.2, 0) is 0 Å². The highest BCUT2D eigenvalue weighted by atomic mass is 32.1. The predicted octanol–water partition coefficient (Wildman–Crippen LogP) is 3.19. The third-order valence-corrected chi connectivity index (χ3v) is 4.93. The van der Waals surface area contributed by atoms with E-state index in [1.165, 1.54) is 43.6 Å². The van der Waals surface area contributed by atoms with E-state index < -0.39 is 0 Å². The van der Waals surface area contributed by atoms with E-state index in [9.17, 15) is 0 Å². The number of hydrogen-bond acceptors (Lipinski definition) is 6. The van der Waals surface area contributed by atoms with Gasteiger partial charge in [-0.05, 0) is 51.3 Å². The number of nitrogen functional groups attached to an aromatic ring is 1. The minimum Gasteiger partial charge on any atom is -0.487 e. The molecule has 120 valence electrons. The summed E-state index contributed by atoms with van der Waals surface area (Å²) in [5.74, 6) is 1.20. The fraction of sp³-hybridized carbons (Fsp3) is 0.800. The van der Waals surface area contributed by atoms with Crippen molar-refractivity contribution in [2.24, 2.45) is 0 Å². The number of nitrogens with two attached hydrogens (primary N) is 1. The molecule has 21 heavy (non-hydrogen) atoms. The zero-order valence-corrected chi connectivity index (χ0v) is 14.0. The van der Waals surface area contributed by atoms with Crippen molar-refractivity contribution < 1.29 is 4.74 Å². The Morgan fingerprint density at radius 1 is 1.38 bits per heavy atom. The van der Waals surface area contributed by atoms with Gasteiger partial charge in [-0.1, -0.05) is 19.3 Å². The van der Waals surface area contributed by atoms with Crippen LogP contribution in [0.3, 0.4) is 0 Å². The van der Waals surface area contributed by atoms with Crippen molar-refractivity contribution >= 4 is 22.4 Å². The second-order valence-corrected chi connectivity index (χ2v) is 6.49. The molecule has 1 fully saturated rings. The topological polar surface area (TPSA) is 63.4 Å². The maximum atomic E-state index is 5.80. The Morgan fingerprint density at radius 2 is 2.14 bits per heavy atom. The van der Waals surface area contributed by atoms with E-state index in [0.29, 0.717) is 18.2 Å². The number of nitrogens with zero attached hydrogens (tertiary/aromatic N) is 2. The lowest BCUT2D eigenvalue weighted by Crippen LogP contribution is -2.34. The fourth-order valence-corrected chi connectivity index (χ4v) is 3.61. The molecule has 0 aromatic carbocycles. The predicted molar refractivity (Wildman–Crippen MR) is 90.3 cm³/mol. The minimum absolute atomic E-state index is 0.490. The van der Waals surface area contributed by atoms with Gasteiger partial charge in [-0.2, -0.15) is 4.37 Å². The molecule has 1 saturated carbocycles. The third kappa shape index (κ3) is 4.74. The van der Waals surface area contributed by atoms with E-state index in [1.807, 2.05) is 6.92 Å². The Bertz CT molecular complexity index is 418. The molecule has 2 rings (SSSR count). The lowest BCUT2D eigenvalue weighted by Gasteiger charge is -2.31. The first-order chi connectivity index (χ1) is 10.2. The van der Waals surface area contributed by atoms with E-state index in [4.69, 9.17) is 10.5 Å². The molecule has 3 N–H and O–H groups in total. The highest BCUT2D eigenvalue weighted by Crippen LogP contribution is 2.34. The van der Waals surface area contributed by atoms with Crippen molar-refractivity contribution in [2.75, 3.05) is 37.8 Å². The molecule has 0 spiro atoms. The summed E-state index contributed by atoms with van der Waals surface area (Å²) < 4.78 is 9.68. The van der Waals surface area contributed by atoms with Gasteiger partial charge < -0.3 is 20.7 Å². The molecule has 0 amide bonds. The molecular weight excluding hydrogens is 284 g/mol. The summed E-state index contributed by atoms with van der Waals surface area (Å²) in [6.07, 6.45) is 8.05. The third-order valence-electron chi connectivity index (χ3n) is 4.13. The number of rotatable bonds is 8. The average molecular weight is 312 g/mol. The lowest BCUT2D eigenvalue weighted by molar-refractivity contribution is 0.191.